The minimum absolute atomic E-state index is 0.0680. The zero-order chi connectivity index (χ0) is 11.0. The maximum Gasteiger partial charge on any atom is 0.309 e. The minimum Gasteiger partial charge on any atom is -0.481 e. The summed E-state index contributed by atoms with van der Waals surface area (Å²) in [4.78, 5) is 14.7. The Balaban J connectivity index is 2.51. The van der Waals surface area contributed by atoms with Crippen molar-refractivity contribution in [3.8, 4) is 0 Å². The third-order valence-corrected chi connectivity index (χ3v) is 2.27. The van der Waals surface area contributed by atoms with E-state index in [1.54, 1.807) is 10.7 Å². The summed E-state index contributed by atoms with van der Waals surface area (Å²) in [5, 5.41) is 12.9. The summed E-state index contributed by atoms with van der Waals surface area (Å²) in [6, 6.07) is 1.90. The Labute approximate surface area is 86.4 Å². The number of fused-ring (bicyclic) bond motifs is 1. The van der Waals surface area contributed by atoms with Crippen molar-refractivity contribution in [3.05, 3.63) is 29.2 Å². The number of hydrogen-bond donors (Lipinski definition) is 1. The molecule has 0 unspecified atom stereocenters. The number of aryl methyl sites for hydroxylation is 2. The highest BCUT2D eigenvalue weighted by atomic mass is 16.4. The van der Waals surface area contributed by atoms with Crippen LogP contribution in [0.5, 0.6) is 0 Å². The van der Waals surface area contributed by atoms with E-state index in [1.807, 2.05) is 19.9 Å². The predicted molar refractivity (Wildman–Crippen MR) is 53.8 cm³/mol. The van der Waals surface area contributed by atoms with Crippen LogP contribution in [-0.4, -0.2) is 25.7 Å². The van der Waals surface area contributed by atoms with Crippen LogP contribution in [0.4, 0.5) is 0 Å². The van der Waals surface area contributed by atoms with Gasteiger partial charge in [0.05, 0.1) is 24.0 Å². The van der Waals surface area contributed by atoms with Gasteiger partial charge in [0.1, 0.15) is 0 Å². The molecular formula is C10H11N3O2. The predicted octanol–water partition coefficient (Wildman–Crippen LogP) is 0.973. The Morgan fingerprint density at radius 2 is 2.27 bits per heavy atom. The van der Waals surface area contributed by atoms with Gasteiger partial charge in [0.2, 0.25) is 0 Å². The Bertz CT molecular complexity index is 492. The summed E-state index contributed by atoms with van der Waals surface area (Å²) in [7, 11) is 0. The molecule has 0 saturated carbocycles. The standard InChI is InChI=1S/C10H11N3O2/c1-6-3-9-11-8(4-10(14)15)5-13(9)12-7(6)2/h3,5H,4H2,1-2H3,(H,14,15). The molecule has 2 rings (SSSR count). The van der Waals surface area contributed by atoms with Crippen molar-refractivity contribution in [3.63, 3.8) is 0 Å². The maximum absolute atomic E-state index is 10.5. The number of imidazole rings is 1. The van der Waals surface area contributed by atoms with E-state index in [4.69, 9.17) is 5.11 Å². The van der Waals surface area contributed by atoms with Gasteiger partial charge in [-0.3, -0.25) is 4.79 Å². The Morgan fingerprint density at radius 3 is 2.93 bits per heavy atom. The van der Waals surface area contributed by atoms with Gasteiger partial charge in [-0.05, 0) is 25.5 Å². The summed E-state index contributed by atoms with van der Waals surface area (Å²) in [5.41, 5.74) is 3.19. The summed E-state index contributed by atoms with van der Waals surface area (Å²) in [5.74, 6) is -0.883. The van der Waals surface area contributed by atoms with Crippen LogP contribution in [0.2, 0.25) is 0 Å². The van der Waals surface area contributed by atoms with E-state index in [1.165, 1.54) is 0 Å². The maximum atomic E-state index is 10.5. The molecule has 0 amide bonds. The Hall–Kier alpha value is -1.91. The molecule has 0 saturated heterocycles. The van der Waals surface area contributed by atoms with Gasteiger partial charge in [-0.15, -0.1) is 0 Å². The number of rotatable bonds is 2. The first-order valence-corrected chi connectivity index (χ1v) is 4.60. The molecule has 0 radical (unpaired) electrons. The normalized spacial score (nSPS) is 10.8. The fourth-order valence-corrected chi connectivity index (χ4v) is 1.39. The van der Waals surface area contributed by atoms with E-state index in [0.29, 0.717) is 11.3 Å². The molecule has 15 heavy (non-hydrogen) atoms. The van der Waals surface area contributed by atoms with E-state index < -0.39 is 5.97 Å². The highest BCUT2D eigenvalue weighted by Crippen LogP contribution is 2.09. The SMILES string of the molecule is Cc1cc2nc(CC(=O)O)cn2nc1C. The number of nitrogens with zero attached hydrogens (tertiary/aromatic N) is 3. The monoisotopic (exact) mass is 205 g/mol. The first kappa shape index (κ1) is 9.64. The average Bonchev–Trinajstić information content (AvgIpc) is 2.46. The van der Waals surface area contributed by atoms with Crippen LogP contribution in [0.1, 0.15) is 17.0 Å². The second-order valence-corrected chi connectivity index (χ2v) is 3.52. The first-order valence-electron chi connectivity index (χ1n) is 4.60. The third kappa shape index (κ3) is 1.81. The van der Waals surface area contributed by atoms with Crippen LogP contribution in [0.15, 0.2) is 12.3 Å². The minimum atomic E-state index is -0.883. The quantitative estimate of drug-likeness (QED) is 0.793. The average molecular weight is 205 g/mol. The summed E-state index contributed by atoms with van der Waals surface area (Å²) in [6.07, 6.45) is 1.58. The lowest BCUT2D eigenvalue weighted by molar-refractivity contribution is -0.136. The molecule has 2 heterocycles. The molecule has 1 N–H and O–H groups in total. The molecule has 0 atom stereocenters. The van der Waals surface area contributed by atoms with Crippen molar-refractivity contribution >= 4 is 11.6 Å². The Morgan fingerprint density at radius 1 is 1.53 bits per heavy atom. The molecule has 0 aliphatic rings. The van der Waals surface area contributed by atoms with Crippen LogP contribution >= 0.6 is 0 Å². The lowest BCUT2D eigenvalue weighted by atomic mass is 10.2. The van der Waals surface area contributed by atoms with Gasteiger partial charge in [0.15, 0.2) is 5.65 Å². The number of aromatic nitrogens is 3. The molecular weight excluding hydrogens is 194 g/mol. The van der Waals surface area contributed by atoms with Crippen LogP contribution < -0.4 is 0 Å². The number of hydrogen-bond acceptors (Lipinski definition) is 3. The van der Waals surface area contributed by atoms with E-state index in [-0.39, 0.29) is 6.42 Å². The highest BCUT2D eigenvalue weighted by Gasteiger charge is 2.07. The summed E-state index contributed by atoms with van der Waals surface area (Å²) in [6.45, 7) is 3.86. The molecule has 0 spiro atoms. The third-order valence-electron chi connectivity index (χ3n) is 2.27. The molecule has 0 bridgehead atoms. The summed E-state index contributed by atoms with van der Waals surface area (Å²) >= 11 is 0. The van der Waals surface area contributed by atoms with Crippen molar-refractivity contribution in [1.29, 1.82) is 0 Å². The van der Waals surface area contributed by atoms with Crippen LogP contribution in [0.25, 0.3) is 5.65 Å². The molecule has 78 valence electrons. The van der Waals surface area contributed by atoms with Gasteiger partial charge < -0.3 is 5.11 Å². The zero-order valence-corrected chi connectivity index (χ0v) is 8.56. The first-order chi connectivity index (χ1) is 7.06. The van der Waals surface area contributed by atoms with Gasteiger partial charge in [0, 0.05) is 0 Å². The van der Waals surface area contributed by atoms with Crippen LogP contribution in [0.3, 0.4) is 0 Å². The van der Waals surface area contributed by atoms with Crippen molar-refractivity contribution in [2.45, 2.75) is 20.3 Å². The number of carboxylic acid groups (broad SMARTS) is 1. The van der Waals surface area contributed by atoms with Crippen molar-refractivity contribution in [2.75, 3.05) is 0 Å². The number of carboxylic acids is 1. The smallest absolute Gasteiger partial charge is 0.309 e. The number of carbonyl (C=O) groups is 1. The van der Waals surface area contributed by atoms with Crippen molar-refractivity contribution < 1.29 is 9.90 Å². The van der Waals surface area contributed by atoms with Crippen molar-refractivity contribution in [2.24, 2.45) is 0 Å². The highest BCUT2D eigenvalue weighted by molar-refractivity contribution is 5.69. The number of aliphatic carboxylic acids is 1. The zero-order valence-electron chi connectivity index (χ0n) is 8.56. The van der Waals surface area contributed by atoms with Crippen LogP contribution in [0, 0.1) is 13.8 Å². The lowest BCUT2D eigenvalue weighted by Crippen LogP contribution is -1.99. The van der Waals surface area contributed by atoms with Crippen molar-refractivity contribution in [1.82, 2.24) is 14.6 Å². The second kappa shape index (κ2) is 3.34. The molecule has 2 aromatic rings. The van der Waals surface area contributed by atoms with Crippen LogP contribution in [-0.2, 0) is 11.2 Å². The molecule has 0 aliphatic carbocycles. The second-order valence-electron chi connectivity index (χ2n) is 3.52. The van der Waals surface area contributed by atoms with Gasteiger partial charge in [0.25, 0.3) is 0 Å². The topological polar surface area (TPSA) is 67.5 Å². The lowest BCUT2D eigenvalue weighted by Gasteiger charge is -1.98. The Kier molecular flexibility index (Phi) is 2.15. The summed E-state index contributed by atoms with van der Waals surface area (Å²) < 4.78 is 1.61. The van der Waals surface area contributed by atoms with Gasteiger partial charge >= 0.3 is 5.97 Å². The molecule has 5 heteroatoms. The fraction of sp³-hybridized carbons (Fsp3) is 0.300. The van der Waals surface area contributed by atoms with Gasteiger partial charge in [-0.25, -0.2) is 9.50 Å². The molecule has 0 aromatic carbocycles. The molecule has 0 fully saturated rings. The van der Waals surface area contributed by atoms with Gasteiger partial charge in [-0.2, -0.15) is 5.10 Å². The largest absolute Gasteiger partial charge is 0.481 e. The fourth-order valence-electron chi connectivity index (χ4n) is 1.39. The van der Waals surface area contributed by atoms with Gasteiger partial charge in [-0.1, -0.05) is 0 Å². The van der Waals surface area contributed by atoms with E-state index >= 15 is 0 Å². The van der Waals surface area contributed by atoms with E-state index in [9.17, 15) is 4.79 Å². The molecule has 0 aliphatic heterocycles. The molecule has 2 aromatic heterocycles. The molecule has 5 nitrogen and oxygen atoms in total. The van der Waals surface area contributed by atoms with E-state index in [2.05, 4.69) is 10.1 Å². The van der Waals surface area contributed by atoms with E-state index in [0.717, 1.165) is 11.3 Å².